The molecule has 19 heavy (non-hydrogen) atoms. The lowest BCUT2D eigenvalue weighted by atomic mass is 9.98. The summed E-state index contributed by atoms with van der Waals surface area (Å²) >= 11 is 0. The van der Waals surface area contributed by atoms with Crippen LogP contribution in [0.2, 0.25) is 0 Å². The van der Waals surface area contributed by atoms with Crippen LogP contribution in [0.5, 0.6) is 6.01 Å². The van der Waals surface area contributed by atoms with Crippen molar-refractivity contribution in [3.63, 3.8) is 0 Å². The summed E-state index contributed by atoms with van der Waals surface area (Å²) < 4.78 is 5.08. The Morgan fingerprint density at radius 1 is 1.26 bits per heavy atom. The number of rotatable bonds is 3. The molecule has 1 aliphatic heterocycles. The second kappa shape index (κ2) is 5.56. The molecule has 0 spiro atoms. The first-order valence-corrected chi connectivity index (χ1v) is 6.49. The Morgan fingerprint density at radius 2 is 2.05 bits per heavy atom. The molecule has 1 fully saturated rings. The van der Waals surface area contributed by atoms with E-state index >= 15 is 0 Å². The molecule has 1 atom stereocenters. The van der Waals surface area contributed by atoms with Gasteiger partial charge in [0.05, 0.1) is 12.7 Å². The highest BCUT2D eigenvalue weighted by molar-refractivity contribution is 5.38. The van der Waals surface area contributed by atoms with E-state index in [9.17, 15) is 5.11 Å². The standard InChI is InChI=1S/C12H21N5O2/c1-12(18)5-4-7-17(8-6-12)10-14-9(13-2)15-11(16-10)19-3/h18H,4-8H2,1-3H3,(H,13,14,15,16). The zero-order valence-corrected chi connectivity index (χ0v) is 11.7. The number of nitrogens with one attached hydrogen (secondary N) is 1. The van der Waals surface area contributed by atoms with E-state index in [2.05, 4.69) is 25.2 Å². The molecule has 0 aromatic carbocycles. The van der Waals surface area contributed by atoms with Gasteiger partial charge in [0.15, 0.2) is 0 Å². The minimum Gasteiger partial charge on any atom is -0.467 e. The van der Waals surface area contributed by atoms with Gasteiger partial charge in [-0.25, -0.2) is 0 Å². The van der Waals surface area contributed by atoms with Crippen molar-refractivity contribution in [1.29, 1.82) is 0 Å². The van der Waals surface area contributed by atoms with Crippen LogP contribution in [0.15, 0.2) is 0 Å². The fourth-order valence-electron chi connectivity index (χ4n) is 2.15. The van der Waals surface area contributed by atoms with Crippen molar-refractivity contribution in [3.05, 3.63) is 0 Å². The van der Waals surface area contributed by atoms with Crippen LogP contribution in [0, 0.1) is 0 Å². The molecule has 1 saturated heterocycles. The average Bonchev–Trinajstić information content (AvgIpc) is 2.59. The quantitative estimate of drug-likeness (QED) is 0.832. The number of aromatic nitrogens is 3. The van der Waals surface area contributed by atoms with Gasteiger partial charge in [-0.15, -0.1) is 0 Å². The smallest absolute Gasteiger partial charge is 0.322 e. The van der Waals surface area contributed by atoms with Gasteiger partial charge in [0.25, 0.3) is 0 Å². The number of hydrogen-bond donors (Lipinski definition) is 2. The number of hydrogen-bond acceptors (Lipinski definition) is 7. The van der Waals surface area contributed by atoms with Gasteiger partial charge in [0, 0.05) is 20.1 Å². The van der Waals surface area contributed by atoms with Crippen molar-refractivity contribution in [2.75, 3.05) is 37.5 Å². The monoisotopic (exact) mass is 267 g/mol. The van der Waals surface area contributed by atoms with Crippen molar-refractivity contribution in [2.24, 2.45) is 0 Å². The Labute approximate surface area is 113 Å². The highest BCUT2D eigenvalue weighted by Gasteiger charge is 2.26. The van der Waals surface area contributed by atoms with E-state index in [1.54, 1.807) is 7.05 Å². The van der Waals surface area contributed by atoms with E-state index in [4.69, 9.17) is 4.74 Å². The third kappa shape index (κ3) is 3.44. The van der Waals surface area contributed by atoms with Gasteiger partial charge in [0.2, 0.25) is 11.9 Å². The van der Waals surface area contributed by atoms with Crippen LogP contribution in [0.4, 0.5) is 11.9 Å². The van der Waals surface area contributed by atoms with Gasteiger partial charge in [0.1, 0.15) is 0 Å². The topological polar surface area (TPSA) is 83.4 Å². The second-order valence-corrected chi connectivity index (χ2v) is 5.03. The number of anilines is 2. The summed E-state index contributed by atoms with van der Waals surface area (Å²) in [7, 11) is 3.29. The molecule has 7 heteroatoms. The van der Waals surface area contributed by atoms with Crippen LogP contribution >= 0.6 is 0 Å². The van der Waals surface area contributed by atoms with Gasteiger partial charge in [-0.1, -0.05) is 0 Å². The lowest BCUT2D eigenvalue weighted by Crippen LogP contribution is -2.29. The van der Waals surface area contributed by atoms with E-state index in [1.165, 1.54) is 7.11 Å². The molecular weight excluding hydrogens is 246 g/mol. The molecular formula is C12H21N5O2. The summed E-state index contributed by atoms with van der Waals surface area (Å²) in [5.41, 5.74) is -0.600. The van der Waals surface area contributed by atoms with Crippen molar-refractivity contribution < 1.29 is 9.84 Å². The number of aliphatic hydroxyl groups is 1. The zero-order chi connectivity index (χ0) is 13.9. The molecule has 1 aromatic heterocycles. The van der Waals surface area contributed by atoms with E-state index in [0.717, 1.165) is 25.9 Å². The molecule has 0 amide bonds. The van der Waals surface area contributed by atoms with E-state index < -0.39 is 5.60 Å². The van der Waals surface area contributed by atoms with Gasteiger partial charge in [-0.3, -0.25) is 0 Å². The summed E-state index contributed by atoms with van der Waals surface area (Å²) in [5, 5.41) is 13.0. The zero-order valence-electron chi connectivity index (χ0n) is 11.7. The van der Waals surface area contributed by atoms with Crippen molar-refractivity contribution in [1.82, 2.24) is 15.0 Å². The molecule has 0 bridgehead atoms. The molecule has 0 aliphatic carbocycles. The normalized spacial score (nSPS) is 23.9. The highest BCUT2D eigenvalue weighted by atomic mass is 16.5. The van der Waals surface area contributed by atoms with Crippen molar-refractivity contribution in [2.45, 2.75) is 31.8 Å². The number of ether oxygens (including phenoxy) is 1. The maximum atomic E-state index is 10.1. The van der Waals surface area contributed by atoms with Crippen LogP contribution < -0.4 is 15.0 Å². The van der Waals surface area contributed by atoms with Crippen molar-refractivity contribution >= 4 is 11.9 Å². The fraction of sp³-hybridized carbons (Fsp3) is 0.750. The summed E-state index contributed by atoms with van der Waals surface area (Å²) in [6.45, 7) is 3.43. The Bertz CT molecular complexity index is 416. The number of nitrogens with zero attached hydrogens (tertiary/aromatic N) is 4. The number of methoxy groups -OCH3 is 1. The largest absolute Gasteiger partial charge is 0.467 e. The molecule has 2 heterocycles. The average molecular weight is 267 g/mol. The van der Waals surface area contributed by atoms with Gasteiger partial charge >= 0.3 is 6.01 Å². The molecule has 1 unspecified atom stereocenters. The maximum Gasteiger partial charge on any atom is 0.322 e. The molecule has 106 valence electrons. The molecule has 1 aliphatic rings. The molecule has 1 aromatic rings. The third-order valence-electron chi connectivity index (χ3n) is 3.36. The first-order chi connectivity index (χ1) is 9.04. The first-order valence-electron chi connectivity index (χ1n) is 6.49. The molecule has 0 saturated carbocycles. The fourth-order valence-corrected chi connectivity index (χ4v) is 2.15. The van der Waals surface area contributed by atoms with E-state index in [-0.39, 0.29) is 0 Å². The van der Waals surface area contributed by atoms with Crippen LogP contribution in [0.25, 0.3) is 0 Å². The minimum absolute atomic E-state index is 0.297. The molecule has 0 radical (unpaired) electrons. The van der Waals surface area contributed by atoms with Crippen LogP contribution in [-0.2, 0) is 0 Å². The Hall–Kier alpha value is -1.63. The van der Waals surface area contributed by atoms with Crippen LogP contribution in [0.3, 0.4) is 0 Å². The SMILES string of the molecule is CNc1nc(OC)nc(N2CCCC(C)(O)CC2)n1. The molecule has 7 nitrogen and oxygen atoms in total. The Balaban J connectivity index is 2.21. The third-order valence-corrected chi connectivity index (χ3v) is 3.36. The summed E-state index contributed by atoms with van der Waals surface area (Å²) in [6.07, 6.45) is 2.41. The van der Waals surface area contributed by atoms with E-state index in [1.807, 2.05) is 6.92 Å². The van der Waals surface area contributed by atoms with Gasteiger partial charge in [-0.05, 0) is 26.2 Å². The lowest BCUT2D eigenvalue weighted by Gasteiger charge is -2.22. The maximum absolute atomic E-state index is 10.1. The predicted octanol–water partition coefficient (Wildman–Crippen LogP) is 0.663. The lowest BCUT2D eigenvalue weighted by molar-refractivity contribution is 0.0481. The summed E-state index contributed by atoms with van der Waals surface area (Å²) in [6, 6.07) is 0.297. The van der Waals surface area contributed by atoms with Gasteiger partial charge < -0.3 is 20.1 Å². The first kappa shape index (κ1) is 13.8. The molecule has 2 N–H and O–H groups in total. The molecule has 2 rings (SSSR count). The van der Waals surface area contributed by atoms with Crippen LogP contribution in [0.1, 0.15) is 26.2 Å². The Morgan fingerprint density at radius 3 is 2.74 bits per heavy atom. The van der Waals surface area contributed by atoms with Gasteiger partial charge in [-0.2, -0.15) is 15.0 Å². The van der Waals surface area contributed by atoms with Crippen molar-refractivity contribution in [3.8, 4) is 6.01 Å². The minimum atomic E-state index is -0.600. The summed E-state index contributed by atoms with van der Waals surface area (Å²) in [5.74, 6) is 1.08. The second-order valence-electron chi connectivity index (χ2n) is 5.03. The summed E-state index contributed by atoms with van der Waals surface area (Å²) in [4.78, 5) is 14.8. The highest BCUT2D eigenvalue weighted by Crippen LogP contribution is 2.24. The van der Waals surface area contributed by atoms with Crippen LogP contribution in [-0.4, -0.2) is 52.9 Å². The van der Waals surface area contributed by atoms with E-state index in [0.29, 0.717) is 24.3 Å². The predicted molar refractivity (Wildman–Crippen MR) is 72.6 cm³/mol. The Kier molecular flexibility index (Phi) is 4.04.